The van der Waals surface area contributed by atoms with Crippen molar-refractivity contribution in [2.45, 2.75) is 37.0 Å². The molecule has 1 aliphatic carbocycles. The first-order valence-electron chi connectivity index (χ1n) is 6.03. The van der Waals surface area contributed by atoms with E-state index in [0.717, 1.165) is 25.0 Å². The second-order valence-corrected chi connectivity index (χ2v) is 7.24. The molecule has 1 aromatic rings. The molecule has 0 bridgehead atoms. The van der Waals surface area contributed by atoms with E-state index >= 15 is 0 Å². The highest BCUT2D eigenvalue weighted by Gasteiger charge is 2.34. The lowest BCUT2D eigenvalue weighted by Crippen LogP contribution is -2.38. The van der Waals surface area contributed by atoms with Gasteiger partial charge in [-0.1, -0.05) is 6.42 Å². The predicted molar refractivity (Wildman–Crippen MR) is 67.0 cm³/mol. The van der Waals surface area contributed by atoms with Crippen molar-refractivity contribution < 1.29 is 8.42 Å². The Morgan fingerprint density at radius 2 is 2.33 bits per heavy atom. The van der Waals surface area contributed by atoms with Crippen LogP contribution < -0.4 is 11.3 Å². The summed E-state index contributed by atoms with van der Waals surface area (Å²) in [4.78, 5) is 0. The Hall–Kier alpha value is -0.990. The first-order chi connectivity index (χ1) is 8.52. The molecule has 18 heavy (non-hydrogen) atoms. The van der Waals surface area contributed by atoms with Gasteiger partial charge in [-0.25, -0.2) is 8.42 Å². The van der Waals surface area contributed by atoms with Crippen LogP contribution >= 0.6 is 0 Å². The van der Waals surface area contributed by atoms with Crippen molar-refractivity contribution in [3.8, 4) is 0 Å². The second-order valence-electron chi connectivity index (χ2n) is 4.92. The fourth-order valence-corrected chi connectivity index (χ4v) is 3.89. The van der Waals surface area contributed by atoms with Crippen LogP contribution in [0.15, 0.2) is 6.20 Å². The second kappa shape index (κ2) is 5.33. The fourth-order valence-electron chi connectivity index (χ4n) is 2.70. The number of rotatable bonds is 4. The van der Waals surface area contributed by atoms with E-state index in [0.29, 0.717) is 6.42 Å². The Balaban J connectivity index is 2.12. The predicted octanol–water partition coefficient (Wildman–Crippen LogP) is -0.0875. The number of nitrogens with zero attached hydrogens (tertiary/aromatic N) is 2. The highest BCUT2D eigenvalue weighted by atomic mass is 32.2. The van der Waals surface area contributed by atoms with Gasteiger partial charge in [-0.3, -0.25) is 11.3 Å². The van der Waals surface area contributed by atoms with E-state index in [9.17, 15) is 8.42 Å². The Kier molecular flexibility index (Phi) is 3.98. The van der Waals surface area contributed by atoms with Gasteiger partial charge in [0.25, 0.3) is 0 Å². The molecule has 3 atom stereocenters. The van der Waals surface area contributed by atoms with Gasteiger partial charge >= 0.3 is 0 Å². The molecular weight excluding hydrogens is 254 g/mol. The van der Waals surface area contributed by atoms with E-state index in [4.69, 9.17) is 5.84 Å². The van der Waals surface area contributed by atoms with Crippen LogP contribution in [0.3, 0.4) is 0 Å². The molecule has 1 saturated carbocycles. The molecule has 1 aromatic heterocycles. The zero-order chi connectivity index (χ0) is 13.2. The number of sulfone groups is 1. The van der Waals surface area contributed by atoms with Crippen molar-refractivity contribution in [1.82, 2.24) is 20.8 Å². The average molecular weight is 273 g/mol. The molecule has 102 valence electrons. The number of aromatic amines is 1. The molecule has 8 heteroatoms. The Morgan fingerprint density at radius 3 is 2.89 bits per heavy atom. The van der Waals surface area contributed by atoms with Gasteiger partial charge in [0.2, 0.25) is 0 Å². The number of hydrogen-bond acceptors (Lipinski definition) is 6. The van der Waals surface area contributed by atoms with Gasteiger partial charge < -0.3 is 0 Å². The van der Waals surface area contributed by atoms with E-state index in [1.807, 2.05) is 0 Å². The number of hydrazine groups is 1. The zero-order valence-corrected chi connectivity index (χ0v) is 11.2. The summed E-state index contributed by atoms with van der Waals surface area (Å²) >= 11 is 0. The molecule has 1 aliphatic rings. The summed E-state index contributed by atoms with van der Waals surface area (Å²) in [6.45, 7) is 0. The van der Waals surface area contributed by atoms with Crippen LogP contribution in [-0.4, -0.2) is 35.3 Å². The molecule has 0 aromatic carbocycles. The highest BCUT2D eigenvalue weighted by molar-refractivity contribution is 7.91. The topological polar surface area (TPSA) is 114 Å². The van der Waals surface area contributed by atoms with E-state index in [-0.39, 0.29) is 17.2 Å². The maximum Gasteiger partial charge on any atom is 0.150 e. The molecule has 0 aliphatic heterocycles. The van der Waals surface area contributed by atoms with Crippen molar-refractivity contribution in [2.24, 2.45) is 11.8 Å². The lowest BCUT2D eigenvalue weighted by molar-refractivity contribution is 0.270. The minimum Gasteiger partial charge on any atom is -0.271 e. The van der Waals surface area contributed by atoms with Crippen LogP contribution in [0.2, 0.25) is 0 Å². The summed E-state index contributed by atoms with van der Waals surface area (Å²) in [6, 6.07) is -0.145. The van der Waals surface area contributed by atoms with E-state index in [2.05, 4.69) is 20.8 Å². The summed E-state index contributed by atoms with van der Waals surface area (Å²) in [5, 5.41) is 10.1. The lowest BCUT2D eigenvalue weighted by atomic mass is 9.83. The third kappa shape index (κ3) is 2.88. The molecule has 0 amide bonds. The molecule has 0 radical (unpaired) electrons. The summed E-state index contributed by atoms with van der Waals surface area (Å²) in [7, 11) is -2.98. The Bertz CT molecular complexity index is 472. The fraction of sp³-hybridized carbons (Fsp3) is 0.800. The number of H-pyrrole nitrogens is 1. The van der Waals surface area contributed by atoms with Crippen LogP contribution in [0.25, 0.3) is 0 Å². The van der Waals surface area contributed by atoms with Gasteiger partial charge in [-0.05, 0) is 25.2 Å². The number of nitrogens with one attached hydrogen (secondary N) is 2. The molecular formula is C10H19N5O2S. The van der Waals surface area contributed by atoms with Gasteiger partial charge in [-0.15, -0.1) is 0 Å². The average Bonchev–Trinajstić information content (AvgIpc) is 2.83. The van der Waals surface area contributed by atoms with Crippen molar-refractivity contribution in [3.63, 3.8) is 0 Å². The maximum absolute atomic E-state index is 11.6. The van der Waals surface area contributed by atoms with Crippen LogP contribution in [0.5, 0.6) is 0 Å². The summed E-state index contributed by atoms with van der Waals surface area (Å²) in [5.74, 6) is 5.74. The minimum absolute atomic E-state index is 0.145. The maximum atomic E-state index is 11.6. The lowest BCUT2D eigenvalue weighted by Gasteiger charge is -2.32. The monoisotopic (exact) mass is 273 g/mol. The van der Waals surface area contributed by atoms with Crippen molar-refractivity contribution in [1.29, 1.82) is 0 Å². The third-order valence-corrected chi connectivity index (χ3v) is 5.31. The smallest absolute Gasteiger partial charge is 0.150 e. The van der Waals surface area contributed by atoms with E-state index in [1.54, 1.807) is 6.20 Å². The first kappa shape index (κ1) is 13.4. The summed E-state index contributed by atoms with van der Waals surface area (Å²) in [6.07, 6.45) is 6.15. The largest absolute Gasteiger partial charge is 0.271 e. The number of hydrogen-bond donors (Lipinski definition) is 3. The van der Waals surface area contributed by atoms with Crippen LogP contribution in [-0.2, 0) is 9.84 Å². The van der Waals surface area contributed by atoms with Crippen LogP contribution in [0.1, 0.15) is 37.4 Å². The molecule has 1 heterocycles. The minimum atomic E-state index is -2.98. The molecule has 0 spiro atoms. The van der Waals surface area contributed by atoms with Gasteiger partial charge in [0, 0.05) is 6.26 Å². The number of aromatic nitrogens is 3. The van der Waals surface area contributed by atoms with Crippen molar-refractivity contribution in [3.05, 3.63) is 11.9 Å². The van der Waals surface area contributed by atoms with Gasteiger partial charge in [0.1, 0.15) is 15.5 Å². The van der Waals surface area contributed by atoms with Crippen molar-refractivity contribution >= 4 is 9.84 Å². The number of nitrogens with two attached hydrogens (primary N) is 1. The quantitative estimate of drug-likeness (QED) is 0.522. The van der Waals surface area contributed by atoms with Crippen LogP contribution in [0, 0.1) is 5.92 Å². The standard InChI is InChI=1S/C10H19N5O2S/c1-18(16,17)8-4-2-3-7(5-8)10(13-11)9-6-12-15-14-9/h6-8,10,13H,2-5,11H2,1H3,(H,12,14,15). The Morgan fingerprint density at radius 1 is 1.56 bits per heavy atom. The Labute approximate surface area is 106 Å². The molecule has 1 fully saturated rings. The van der Waals surface area contributed by atoms with E-state index in [1.165, 1.54) is 6.26 Å². The summed E-state index contributed by atoms with van der Waals surface area (Å²) in [5.41, 5.74) is 3.46. The zero-order valence-electron chi connectivity index (χ0n) is 10.3. The van der Waals surface area contributed by atoms with E-state index < -0.39 is 9.84 Å². The van der Waals surface area contributed by atoms with Crippen LogP contribution in [0.4, 0.5) is 0 Å². The SMILES string of the molecule is CS(=O)(=O)C1CCCC(C(NN)c2cn[nH]n2)C1. The molecule has 7 nitrogen and oxygen atoms in total. The van der Waals surface area contributed by atoms with Crippen molar-refractivity contribution in [2.75, 3.05) is 6.26 Å². The summed E-state index contributed by atoms with van der Waals surface area (Å²) < 4.78 is 23.3. The third-order valence-electron chi connectivity index (χ3n) is 3.68. The van der Waals surface area contributed by atoms with Gasteiger partial charge in [-0.2, -0.15) is 15.4 Å². The first-order valence-corrected chi connectivity index (χ1v) is 7.98. The van der Waals surface area contributed by atoms with Gasteiger partial charge in [0.15, 0.2) is 0 Å². The molecule has 0 saturated heterocycles. The molecule has 4 N–H and O–H groups in total. The molecule has 2 rings (SSSR count). The normalized spacial score (nSPS) is 27.0. The van der Waals surface area contributed by atoms with Gasteiger partial charge in [0.05, 0.1) is 17.5 Å². The molecule has 3 unspecified atom stereocenters. The highest BCUT2D eigenvalue weighted by Crippen LogP contribution is 2.35.